The number of nitrogens with zero attached hydrogens (tertiary/aromatic N) is 1. The number of hydrogen-bond acceptors (Lipinski definition) is 3. The van der Waals surface area contributed by atoms with E-state index in [1.165, 1.54) is 4.90 Å². The molecular weight excluding hydrogens is 194 g/mol. The molecule has 1 heterocycles. The van der Waals surface area contributed by atoms with Gasteiger partial charge in [-0.25, -0.2) is 9.69 Å². The molecule has 0 fully saturated rings. The van der Waals surface area contributed by atoms with E-state index in [1.807, 2.05) is 6.92 Å². The van der Waals surface area contributed by atoms with Gasteiger partial charge in [-0.3, -0.25) is 0 Å². The Morgan fingerprint density at radius 1 is 1.60 bits per heavy atom. The largest absolute Gasteiger partial charge is 0.495 e. The second-order valence-electron chi connectivity index (χ2n) is 4.99. The molecule has 0 spiro atoms. The lowest BCUT2D eigenvalue weighted by molar-refractivity contribution is 0.0179. The predicted molar refractivity (Wildman–Crippen MR) is 57.4 cm³/mol. The van der Waals surface area contributed by atoms with Gasteiger partial charge in [0, 0.05) is 6.54 Å². The molecule has 86 valence electrons. The van der Waals surface area contributed by atoms with Gasteiger partial charge in [0.25, 0.3) is 0 Å². The number of amides is 1. The molecule has 1 aliphatic heterocycles. The van der Waals surface area contributed by atoms with Gasteiger partial charge in [0.2, 0.25) is 0 Å². The van der Waals surface area contributed by atoms with Gasteiger partial charge >= 0.3 is 6.09 Å². The molecule has 1 atom stereocenters. The minimum Gasteiger partial charge on any atom is -0.495 e. The molecule has 1 amide bonds. The zero-order valence-corrected chi connectivity index (χ0v) is 9.78. The Morgan fingerprint density at radius 3 is 2.73 bits per heavy atom. The maximum absolute atomic E-state index is 11.7. The Labute approximate surface area is 90.5 Å². The van der Waals surface area contributed by atoms with E-state index in [-0.39, 0.29) is 5.88 Å². The van der Waals surface area contributed by atoms with E-state index >= 15 is 0 Å². The smallest absolute Gasteiger partial charge is 0.417 e. The van der Waals surface area contributed by atoms with Crippen molar-refractivity contribution in [1.82, 2.24) is 4.90 Å². The fourth-order valence-electron chi connectivity index (χ4n) is 1.38. The van der Waals surface area contributed by atoms with Crippen LogP contribution < -0.4 is 0 Å². The quantitative estimate of drug-likeness (QED) is 0.673. The highest BCUT2D eigenvalue weighted by Crippen LogP contribution is 2.20. The summed E-state index contributed by atoms with van der Waals surface area (Å²) < 4.78 is 5.18. The van der Waals surface area contributed by atoms with Crippen LogP contribution in [0.4, 0.5) is 4.79 Å². The molecule has 0 aromatic carbocycles. The van der Waals surface area contributed by atoms with Crippen LogP contribution >= 0.6 is 0 Å². The molecule has 4 nitrogen and oxygen atoms in total. The summed E-state index contributed by atoms with van der Waals surface area (Å²) in [5.41, 5.74) is -0.530. The summed E-state index contributed by atoms with van der Waals surface area (Å²) in [6.45, 7) is 7.95. The first-order valence-electron chi connectivity index (χ1n) is 5.19. The van der Waals surface area contributed by atoms with E-state index < -0.39 is 11.7 Å². The Kier molecular flexibility index (Phi) is 3.27. The van der Waals surface area contributed by atoms with E-state index in [4.69, 9.17) is 4.74 Å². The van der Waals surface area contributed by atoms with Crippen LogP contribution in [0.25, 0.3) is 0 Å². The van der Waals surface area contributed by atoms with Gasteiger partial charge in [-0.05, 0) is 39.2 Å². The van der Waals surface area contributed by atoms with E-state index in [0.29, 0.717) is 12.5 Å². The van der Waals surface area contributed by atoms with E-state index in [2.05, 4.69) is 0 Å². The lowest BCUT2D eigenvalue weighted by Crippen LogP contribution is -2.40. The molecule has 0 radical (unpaired) electrons. The highest BCUT2D eigenvalue weighted by atomic mass is 16.6. The first-order chi connectivity index (χ1) is 6.79. The van der Waals surface area contributed by atoms with Gasteiger partial charge in [-0.1, -0.05) is 6.92 Å². The first-order valence-corrected chi connectivity index (χ1v) is 5.19. The molecule has 0 bridgehead atoms. The molecule has 0 aliphatic carbocycles. The van der Waals surface area contributed by atoms with Crippen LogP contribution in [-0.2, 0) is 4.74 Å². The van der Waals surface area contributed by atoms with Crippen molar-refractivity contribution < 1.29 is 14.6 Å². The van der Waals surface area contributed by atoms with E-state index in [1.54, 1.807) is 26.8 Å². The maximum Gasteiger partial charge on any atom is 0.417 e. The molecule has 1 aliphatic rings. The van der Waals surface area contributed by atoms with E-state index in [9.17, 15) is 9.90 Å². The highest BCUT2D eigenvalue weighted by molar-refractivity contribution is 5.70. The normalized spacial score (nSPS) is 22.3. The van der Waals surface area contributed by atoms with Crippen molar-refractivity contribution >= 4 is 6.09 Å². The van der Waals surface area contributed by atoms with Crippen molar-refractivity contribution in [3.8, 4) is 0 Å². The van der Waals surface area contributed by atoms with Crippen molar-refractivity contribution in [1.29, 1.82) is 0 Å². The number of carbonyl (C=O) groups is 1. The number of allylic oxidation sites excluding steroid dienone is 1. The number of carbonyl (C=O) groups excluding carboxylic acids is 1. The number of aliphatic hydroxyl groups is 1. The second-order valence-corrected chi connectivity index (χ2v) is 4.99. The molecule has 0 aromatic rings. The van der Waals surface area contributed by atoms with Crippen molar-refractivity contribution in [2.24, 2.45) is 5.92 Å². The van der Waals surface area contributed by atoms with Crippen molar-refractivity contribution in [3.05, 3.63) is 12.0 Å². The molecule has 1 rings (SSSR count). The second kappa shape index (κ2) is 4.13. The lowest BCUT2D eigenvalue weighted by atomic mass is 10.0. The predicted octanol–water partition coefficient (Wildman–Crippen LogP) is 2.66. The number of rotatable bonds is 0. The van der Waals surface area contributed by atoms with Crippen molar-refractivity contribution in [2.75, 3.05) is 6.54 Å². The Morgan fingerprint density at radius 2 is 2.20 bits per heavy atom. The summed E-state index contributed by atoms with van der Waals surface area (Å²) >= 11 is 0. The summed E-state index contributed by atoms with van der Waals surface area (Å²) in [7, 11) is 0. The highest BCUT2D eigenvalue weighted by Gasteiger charge is 2.28. The maximum atomic E-state index is 11.7. The molecule has 0 aromatic heterocycles. The summed E-state index contributed by atoms with van der Waals surface area (Å²) in [5.74, 6) is 0.357. The number of aliphatic hydroxyl groups excluding tert-OH is 1. The standard InChI is InChI=1S/C11H19NO3/c1-8-5-6-9(13)12(7-8)10(14)15-11(2,3)4/h6,8,13H,5,7H2,1-4H3. The molecule has 1 N–H and O–H groups in total. The molecule has 0 saturated carbocycles. The fourth-order valence-corrected chi connectivity index (χ4v) is 1.38. The van der Waals surface area contributed by atoms with E-state index in [0.717, 1.165) is 6.42 Å². The third kappa shape index (κ3) is 3.46. The molecule has 0 saturated heterocycles. The lowest BCUT2D eigenvalue weighted by Gasteiger charge is -2.30. The summed E-state index contributed by atoms with van der Waals surface area (Å²) in [6, 6.07) is 0. The Balaban J connectivity index is 2.67. The van der Waals surface area contributed by atoms with Gasteiger partial charge in [0.1, 0.15) is 5.60 Å². The van der Waals surface area contributed by atoms with Crippen LogP contribution in [0.3, 0.4) is 0 Å². The van der Waals surface area contributed by atoms with Crippen LogP contribution in [0, 0.1) is 5.92 Å². The SMILES string of the molecule is CC1CC=C(O)N(C(=O)OC(C)(C)C)C1. The number of ether oxygens (including phenoxy) is 1. The monoisotopic (exact) mass is 213 g/mol. The summed E-state index contributed by atoms with van der Waals surface area (Å²) in [4.78, 5) is 12.9. The topological polar surface area (TPSA) is 49.8 Å². The minimum absolute atomic E-state index is 0.00218. The van der Waals surface area contributed by atoms with Gasteiger partial charge in [0.05, 0.1) is 0 Å². The summed E-state index contributed by atoms with van der Waals surface area (Å²) in [6.07, 6.45) is 1.96. The third-order valence-corrected chi connectivity index (χ3v) is 2.09. The third-order valence-electron chi connectivity index (χ3n) is 2.09. The van der Waals surface area contributed by atoms with Crippen LogP contribution in [0.2, 0.25) is 0 Å². The van der Waals surface area contributed by atoms with Crippen LogP contribution in [0.15, 0.2) is 12.0 Å². The van der Waals surface area contributed by atoms with Crippen LogP contribution in [-0.4, -0.2) is 28.2 Å². The zero-order chi connectivity index (χ0) is 11.6. The molecule has 15 heavy (non-hydrogen) atoms. The van der Waals surface area contributed by atoms with Gasteiger partial charge in [-0.2, -0.15) is 0 Å². The average Bonchev–Trinajstić information content (AvgIpc) is 2.06. The van der Waals surface area contributed by atoms with Crippen molar-refractivity contribution in [3.63, 3.8) is 0 Å². The Bertz CT molecular complexity index is 278. The molecule has 4 heteroatoms. The van der Waals surface area contributed by atoms with Crippen LogP contribution in [0.5, 0.6) is 0 Å². The van der Waals surface area contributed by atoms with Gasteiger partial charge in [0.15, 0.2) is 5.88 Å². The Hall–Kier alpha value is -1.19. The van der Waals surface area contributed by atoms with Gasteiger partial charge in [-0.15, -0.1) is 0 Å². The molecule has 1 unspecified atom stereocenters. The first kappa shape index (κ1) is 11.9. The zero-order valence-electron chi connectivity index (χ0n) is 9.78. The van der Waals surface area contributed by atoms with Gasteiger partial charge < -0.3 is 9.84 Å². The fraction of sp³-hybridized carbons (Fsp3) is 0.727. The molecular formula is C11H19NO3. The average molecular weight is 213 g/mol. The summed E-state index contributed by atoms with van der Waals surface area (Å²) in [5, 5.41) is 9.54. The van der Waals surface area contributed by atoms with Crippen molar-refractivity contribution in [2.45, 2.75) is 39.7 Å². The van der Waals surface area contributed by atoms with Crippen LogP contribution in [0.1, 0.15) is 34.1 Å². The number of hydrogen-bond donors (Lipinski definition) is 1. The minimum atomic E-state index is -0.530.